The average Bonchev–Trinajstić information content (AvgIpc) is 2.90. The van der Waals surface area contributed by atoms with Crippen molar-refractivity contribution in [3.63, 3.8) is 0 Å². The molecular formula is C40H68N4+2. The second kappa shape index (κ2) is 14.3. The summed E-state index contributed by atoms with van der Waals surface area (Å²) in [6, 6.07) is 9.23. The topological polar surface area (TPSA) is 31.8 Å². The molecule has 0 aliphatic carbocycles. The van der Waals surface area contributed by atoms with Gasteiger partial charge in [-0.1, -0.05) is 39.5 Å². The number of nitrogens with one attached hydrogen (secondary N) is 2. The number of hydrogen-bond donors (Lipinski definition) is 2. The zero-order chi connectivity index (χ0) is 32.2. The van der Waals surface area contributed by atoms with Crippen LogP contribution in [0.4, 0.5) is 0 Å². The van der Waals surface area contributed by atoms with Crippen LogP contribution in [0.25, 0.3) is 11.1 Å². The molecule has 4 heteroatoms. The van der Waals surface area contributed by atoms with E-state index in [4.69, 9.17) is 0 Å². The summed E-state index contributed by atoms with van der Waals surface area (Å²) in [6.07, 6.45) is 22.1. The van der Waals surface area contributed by atoms with Crippen molar-refractivity contribution in [2.24, 2.45) is 23.7 Å². The standard InChI is InChI=1S/C40H68N4/c1-11-13-31(35-27-37(3,4)41-38(5,6)28-35)15-21-43-23-17-33(18-24-43)34-19-25-44(26-20-34)22-16-32(14-12-2)36-29-39(7,8)42-40(9,10)30-36/h17-20,23-26,31-32,35-36,41-42H,11-16,21-22,27-30H2,1-10H3/q+2. The van der Waals surface area contributed by atoms with Crippen LogP contribution in [0.2, 0.25) is 0 Å². The van der Waals surface area contributed by atoms with Crippen LogP contribution in [0.15, 0.2) is 49.1 Å². The highest BCUT2D eigenvalue weighted by molar-refractivity contribution is 5.60. The van der Waals surface area contributed by atoms with Gasteiger partial charge in [0.1, 0.15) is 13.1 Å². The van der Waals surface area contributed by atoms with Crippen molar-refractivity contribution in [1.29, 1.82) is 0 Å². The van der Waals surface area contributed by atoms with E-state index in [-0.39, 0.29) is 22.2 Å². The first-order valence-electron chi connectivity index (χ1n) is 18.2. The Labute approximate surface area is 271 Å². The van der Waals surface area contributed by atoms with Crippen molar-refractivity contribution in [2.45, 2.75) is 169 Å². The lowest BCUT2D eigenvalue weighted by molar-refractivity contribution is -0.698. The minimum absolute atomic E-state index is 0.222. The van der Waals surface area contributed by atoms with Crippen molar-refractivity contribution < 1.29 is 9.13 Å². The van der Waals surface area contributed by atoms with Crippen LogP contribution in [0.5, 0.6) is 0 Å². The average molecular weight is 605 g/mol. The molecule has 0 bridgehead atoms. The molecule has 4 nitrogen and oxygen atoms in total. The van der Waals surface area contributed by atoms with E-state index in [9.17, 15) is 0 Å². The summed E-state index contributed by atoms with van der Waals surface area (Å²) >= 11 is 0. The molecule has 2 atom stereocenters. The maximum Gasteiger partial charge on any atom is 0.169 e. The Morgan fingerprint density at radius 1 is 0.545 bits per heavy atom. The number of hydrogen-bond acceptors (Lipinski definition) is 2. The van der Waals surface area contributed by atoms with Crippen LogP contribution in [-0.4, -0.2) is 22.2 Å². The van der Waals surface area contributed by atoms with E-state index in [1.165, 1.54) is 75.3 Å². The summed E-state index contributed by atoms with van der Waals surface area (Å²) in [5.74, 6) is 3.18. The van der Waals surface area contributed by atoms with Gasteiger partial charge in [-0.05, 0) is 116 Å². The van der Waals surface area contributed by atoms with E-state index in [0.29, 0.717) is 0 Å². The monoisotopic (exact) mass is 605 g/mol. The molecule has 2 N–H and O–H groups in total. The van der Waals surface area contributed by atoms with Gasteiger partial charge in [0.05, 0.1) is 0 Å². The van der Waals surface area contributed by atoms with E-state index >= 15 is 0 Å². The second-order valence-electron chi connectivity index (χ2n) is 17.4. The highest BCUT2D eigenvalue weighted by Crippen LogP contribution is 2.41. The number of aryl methyl sites for hydroxylation is 2. The highest BCUT2D eigenvalue weighted by Gasteiger charge is 2.41. The lowest BCUT2D eigenvalue weighted by atomic mass is 9.69. The molecule has 2 unspecified atom stereocenters. The van der Waals surface area contributed by atoms with Crippen LogP contribution in [0, 0.1) is 23.7 Å². The van der Waals surface area contributed by atoms with Gasteiger partial charge in [-0.15, -0.1) is 0 Å². The second-order valence-corrected chi connectivity index (χ2v) is 17.4. The molecule has 2 aliphatic heterocycles. The smallest absolute Gasteiger partial charge is 0.169 e. The van der Waals surface area contributed by atoms with E-state index in [0.717, 1.165) is 36.8 Å². The Balaban J connectivity index is 1.33. The van der Waals surface area contributed by atoms with E-state index in [1.54, 1.807) is 0 Å². The predicted octanol–water partition coefficient (Wildman–Crippen LogP) is 8.66. The van der Waals surface area contributed by atoms with Gasteiger partial charge in [-0.3, -0.25) is 0 Å². The molecule has 246 valence electrons. The SMILES string of the molecule is CCCC(CC[n+]1ccc(-c2cc[n+](CCC(CCC)C3CC(C)(C)NC(C)(C)C3)cc2)cc1)C1CC(C)(C)NC(C)(C)C1. The molecule has 4 rings (SSSR count). The first-order chi connectivity index (χ1) is 20.6. The fourth-order valence-corrected chi connectivity index (χ4v) is 9.67. The van der Waals surface area contributed by atoms with Gasteiger partial charge in [0, 0.05) is 59.3 Å². The minimum atomic E-state index is 0.222. The molecule has 0 aromatic carbocycles. The Morgan fingerprint density at radius 2 is 0.841 bits per heavy atom. The fourth-order valence-electron chi connectivity index (χ4n) is 9.67. The molecule has 2 fully saturated rings. The van der Waals surface area contributed by atoms with E-state index < -0.39 is 0 Å². The number of piperidine rings is 2. The minimum Gasteiger partial charge on any atom is -0.307 e. The maximum atomic E-state index is 3.88. The van der Waals surface area contributed by atoms with Gasteiger partial charge in [-0.2, -0.15) is 0 Å². The summed E-state index contributed by atoms with van der Waals surface area (Å²) in [7, 11) is 0. The first-order valence-corrected chi connectivity index (χ1v) is 18.2. The van der Waals surface area contributed by atoms with Crippen molar-refractivity contribution in [2.75, 3.05) is 0 Å². The molecule has 44 heavy (non-hydrogen) atoms. The quantitative estimate of drug-likeness (QED) is 0.224. The van der Waals surface area contributed by atoms with Gasteiger partial charge in [0.25, 0.3) is 0 Å². The van der Waals surface area contributed by atoms with Crippen molar-refractivity contribution in [3.8, 4) is 11.1 Å². The van der Waals surface area contributed by atoms with Crippen LogP contribution in [-0.2, 0) is 13.1 Å². The molecule has 4 heterocycles. The molecule has 2 aromatic heterocycles. The van der Waals surface area contributed by atoms with Crippen molar-refractivity contribution >= 4 is 0 Å². The van der Waals surface area contributed by atoms with E-state index in [1.807, 2.05) is 0 Å². The Hall–Kier alpha value is -1.78. The number of nitrogens with zero attached hydrogens (tertiary/aromatic N) is 2. The molecule has 0 saturated carbocycles. The molecule has 2 aromatic rings. The summed E-state index contributed by atoms with van der Waals surface area (Å²) in [5, 5.41) is 7.77. The lowest BCUT2D eigenvalue weighted by Gasteiger charge is -2.48. The highest BCUT2D eigenvalue weighted by atomic mass is 15.1. The lowest BCUT2D eigenvalue weighted by Crippen LogP contribution is -2.58. The van der Waals surface area contributed by atoms with Crippen LogP contribution in [0.3, 0.4) is 0 Å². The van der Waals surface area contributed by atoms with Crippen LogP contribution < -0.4 is 19.8 Å². The zero-order valence-electron chi connectivity index (χ0n) is 30.3. The zero-order valence-corrected chi connectivity index (χ0v) is 30.3. The third-order valence-electron chi connectivity index (χ3n) is 10.7. The summed E-state index contributed by atoms with van der Waals surface area (Å²) < 4.78 is 4.81. The Bertz CT molecular complexity index is 1040. The number of aromatic nitrogens is 2. The molecular weight excluding hydrogens is 536 g/mol. The first kappa shape index (κ1) is 35.1. The molecule has 0 amide bonds. The summed E-state index contributed by atoms with van der Waals surface area (Å²) in [5.41, 5.74) is 3.51. The fraction of sp³-hybridized carbons (Fsp3) is 0.750. The molecule has 2 aliphatic rings. The third kappa shape index (κ3) is 10.1. The number of pyridine rings is 2. The molecule has 2 saturated heterocycles. The van der Waals surface area contributed by atoms with Crippen LogP contribution in [0.1, 0.15) is 133 Å². The normalized spacial score (nSPS) is 22.9. The summed E-state index contributed by atoms with van der Waals surface area (Å²) in [6.45, 7) is 26.1. The molecule has 0 radical (unpaired) electrons. The van der Waals surface area contributed by atoms with Gasteiger partial charge >= 0.3 is 0 Å². The van der Waals surface area contributed by atoms with Gasteiger partial charge in [0.15, 0.2) is 24.8 Å². The predicted molar refractivity (Wildman–Crippen MR) is 186 cm³/mol. The van der Waals surface area contributed by atoms with Gasteiger partial charge in [-0.25, -0.2) is 9.13 Å². The Morgan fingerprint density at radius 3 is 1.11 bits per heavy atom. The maximum absolute atomic E-state index is 3.88. The van der Waals surface area contributed by atoms with Crippen LogP contribution >= 0.6 is 0 Å². The van der Waals surface area contributed by atoms with E-state index in [2.05, 4.69) is 138 Å². The van der Waals surface area contributed by atoms with Crippen molar-refractivity contribution in [3.05, 3.63) is 49.1 Å². The van der Waals surface area contributed by atoms with Gasteiger partial charge < -0.3 is 10.6 Å². The largest absolute Gasteiger partial charge is 0.307 e. The van der Waals surface area contributed by atoms with Gasteiger partial charge in [0.2, 0.25) is 0 Å². The summed E-state index contributed by atoms with van der Waals surface area (Å²) in [4.78, 5) is 0. The number of rotatable bonds is 13. The van der Waals surface area contributed by atoms with Crippen molar-refractivity contribution in [1.82, 2.24) is 10.6 Å². The molecule has 0 spiro atoms. The third-order valence-corrected chi connectivity index (χ3v) is 10.7. The Kier molecular flexibility index (Phi) is 11.4.